The van der Waals surface area contributed by atoms with Crippen LogP contribution in [0.15, 0.2) is 0 Å². The van der Waals surface area contributed by atoms with Crippen LogP contribution in [0.1, 0.15) is 26.7 Å². The molecule has 0 amide bonds. The lowest BCUT2D eigenvalue weighted by Gasteiger charge is -2.36. The molecule has 0 N–H and O–H groups in total. The Hall–Kier alpha value is 0.220. The highest BCUT2D eigenvalue weighted by atomic mass is 31.2. The van der Waals surface area contributed by atoms with Crippen molar-refractivity contribution in [3.05, 3.63) is 0 Å². The molecule has 0 spiro atoms. The van der Waals surface area contributed by atoms with Gasteiger partial charge in [-0.25, -0.2) is 4.84 Å². The zero-order valence-electron chi connectivity index (χ0n) is 15.9. The summed E-state index contributed by atoms with van der Waals surface area (Å²) in [6, 6.07) is 0. The van der Waals surface area contributed by atoms with E-state index in [9.17, 15) is 9.13 Å². The summed E-state index contributed by atoms with van der Waals surface area (Å²) in [7, 11) is -0.795. The minimum atomic E-state index is -3.14. The Labute approximate surface area is 146 Å². The molecule has 0 aliphatic carbocycles. The molecular formula is C14H34NO7P2+. The Kier molecular flexibility index (Phi) is 11.9. The van der Waals surface area contributed by atoms with Crippen molar-refractivity contribution in [3.8, 4) is 0 Å². The molecule has 0 radical (unpaired) electrons. The molecule has 0 heterocycles. The summed E-state index contributed by atoms with van der Waals surface area (Å²) in [5.74, 6) is 0. The van der Waals surface area contributed by atoms with Crippen LogP contribution in [0.3, 0.4) is 0 Å². The molecule has 0 aliphatic rings. The molecule has 0 aliphatic heterocycles. The van der Waals surface area contributed by atoms with Crippen LogP contribution in [0.4, 0.5) is 0 Å². The van der Waals surface area contributed by atoms with Crippen molar-refractivity contribution in [3.63, 3.8) is 0 Å². The Morgan fingerprint density at radius 2 is 1.12 bits per heavy atom. The zero-order chi connectivity index (χ0) is 18.7. The molecule has 0 fully saturated rings. The number of nitrogens with zero attached hydrogens (tertiary/aromatic N) is 1. The summed E-state index contributed by atoms with van der Waals surface area (Å²) in [4.78, 5) is 6.06. The highest BCUT2D eigenvalue weighted by Crippen LogP contribution is 2.48. The van der Waals surface area contributed by atoms with Crippen molar-refractivity contribution in [1.29, 1.82) is 0 Å². The molecule has 8 nitrogen and oxygen atoms in total. The third kappa shape index (κ3) is 8.07. The number of quaternary nitrogens is 1. The first-order valence-corrected chi connectivity index (χ1v) is 11.7. The molecule has 146 valence electrons. The summed E-state index contributed by atoms with van der Waals surface area (Å²) >= 11 is 0. The van der Waals surface area contributed by atoms with Crippen molar-refractivity contribution in [1.82, 2.24) is 0 Å². The summed E-state index contributed by atoms with van der Waals surface area (Å²) in [6.07, 6.45) is 2.14. The van der Waals surface area contributed by atoms with Gasteiger partial charge < -0.3 is 18.1 Å². The van der Waals surface area contributed by atoms with Crippen LogP contribution in [0.5, 0.6) is 0 Å². The van der Waals surface area contributed by atoms with Gasteiger partial charge in [-0.1, -0.05) is 13.8 Å². The summed E-state index contributed by atoms with van der Waals surface area (Å²) in [5.41, 5.74) is 0. The maximum Gasteiger partial charge on any atom is 0.335 e. The predicted molar refractivity (Wildman–Crippen MR) is 94.4 cm³/mol. The lowest BCUT2D eigenvalue weighted by Crippen LogP contribution is -2.52. The van der Waals surface area contributed by atoms with Crippen molar-refractivity contribution < 1.29 is 36.7 Å². The molecule has 24 heavy (non-hydrogen) atoms. The topological polar surface area (TPSA) is 80.3 Å². The summed E-state index contributed by atoms with van der Waals surface area (Å²) < 4.78 is 45.0. The minimum Gasteiger partial charge on any atom is -0.312 e. The molecule has 0 atom stereocenters. The van der Waals surface area contributed by atoms with E-state index < -0.39 is 15.2 Å². The lowest BCUT2D eigenvalue weighted by atomic mass is 10.4. The average molecular weight is 390 g/mol. The van der Waals surface area contributed by atoms with Crippen molar-refractivity contribution >= 4 is 15.2 Å². The molecule has 10 heteroatoms. The van der Waals surface area contributed by atoms with E-state index in [1.54, 1.807) is 0 Å². The quantitative estimate of drug-likeness (QED) is 0.240. The van der Waals surface area contributed by atoms with Gasteiger partial charge in [-0.05, 0) is 12.8 Å². The second-order valence-electron chi connectivity index (χ2n) is 5.46. The van der Waals surface area contributed by atoms with Crippen LogP contribution in [-0.4, -0.2) is 71.7 Å². The largest absolute Gasteiger partial charge is 0.335 e. The second-order valence-corrected chi connectivity index (χ2v) is 10.3. The molecule has 0 saturated heterocycles. The van der Waals surface area contributed by atoms with E-state index in [-0.39, 0.29) is 17.0 Å². The molecule has 0 rings (SSSR count). The number of hydrogen-bond acceptors (Lipinski definition) is 7. The smallest absolute Gasteiger partial charge is 0.312 e. The molecular weight excluding hydrogens is 356 g/mol. The van der Waals surface area contributed by atoms with Crippen LogP contribution in [-0.2, 0) is 32.1 Å². The molecule has 0 bridgehead atoms. The van der Waals surface area contributed by atoms with E-state index >= 15 is 0 Å². The van der Waals surface area contributed by atoms with Gasteiger partial charge >= 0.3 is 15.2 Å². The first kappa shape index (κ1) is 24.2. The van der Waals surface area contributed by atoms with Crippen molar-refractivity contribution in [2.75, 3.05) is 67.0 Å². The first-order chi connectivity index (χ1) is 11.3. The van der Waals surface area contributed by atoms with E-state index in [2.05, 4.69) is 0 Å². The van der Waals surface area contributed by atoms with Gasteiger partial charge in [0.25, 0.3) is 0 Å². The standard InChI is InChI=1S/C14H34NO7P2/c1-7-9-15(22-12-8-2,10-13-23(16,18-3)19-4)11-14-24(17,20-5)21-6/h7-14H2,1-6H3/q+1. The van der Waals surface area contributed by atoms with Gasteiger partial charge in [-0.3, -0.25) is 9.13 Å². The van der Waals surface area contributed by atoms with Gasteiger partial charge in [0.05, 0.1) is 0 Å². The van der Waals surface area contributed by atoms with Crippen LogP contribution < -0.4 is 0 Å². The Morgan fingerprint density at radius 3 is 1.42 bits per heavy atom. The molecule has 0 aromatic rings. The van der Waals surface area contributed by atoms with E-state index in [1.807, 2.05) is 13.8 Å². The Morgan fingerprint density at radius 1 is 0.708 bits per heavy atom. The maximum absolute atomic E-state index is 12.4. The number of hydrogen-bond donors (Lipinski definition) is 0. The molecule has 0 aromatic carbocycles. The maximum atomic E-state index is 12.4. The highest BCUT2D eigenvalue weighted by Gasteiger charge is 2.37. The fourth-order valence-electron chi connectivity index (χ4n) is 2.35. The van der Waals surface area contributed by atoms with Crippen LogP contribution in [0.2, 0.25) is 0 Å². The number of hydroxylamine groups is 3. The third-order valence-corrected chi connectivity index (χ3v) is 7.60. The first-order valence-electron chi connectivity index (χ1n) is 8.20. The van der Waals surface area contributed by atoms with Crippen molar-refractivity contribution in [2.45, 2.75) is 26.7 Å². The molecule has 0 aromatic heterocycles. The van der Waals surface area contributed by atoms with E-state index in [1.165, 1.54) is 28.4 Å². The van der Waals surface area contributed by atoms with Crippen LogP contribution >= 0.6 is 15.2 Å². The molecule has 0 unspecified atom stereocenters. The van der Waals surface area contributed by atoms with Crippen LogP contribution in [0, 0.1) is 0 Å². The van der Waals surface area contributed by atoms with Crippen LogP contribution in [0.25, 0.3) is 0 Å². The van der Waals surface area contributed by atoms with E-state index in [4.69, 9.17) is 22.9 Å². The fraction of sp³-hybridized carbons (Fsp3) is 1.00. The van der Waals surface area contributed by atoms with E-state index in [0.29, 0.717) is 26.2 Å². The summed E-state index contributed by atoms with van der Waals surface area (Å²) in [5, 5.41) is 0. The second kappa shape index (κ2) is 11.8. The number of rotatable bonds is 15. The predicted octanol–water partition coefficient (Wildman–Crippen LogP) is 3.53. The van der Waals surface area contributed by atoms with Crippen molar-refractivity contribution in [2.24, 2.45) is 0 Å². The van der Waals surface area contributed by atoms with Gasteiger partial charge in [0.2, 0.25) is 0 Å². The van der Waals surface area contributed by atoms with Gasteiger partial charge in [-0.2, -0.15) is 4.65 Å². The monoisotopic (exact) mass is 390 g/mol. The molecule has 0 saturated carbocycles. The zero-order valence-corrected chi connectivity index (χ0v) is 17.6. The lowest BCUT2D eigenvalue weighted by molar-refractivity contribution is -1.10. The normalized spacial score (nSPS) is 13.4. The average Bonchev–Trinajstić information content (AvgIpc) is 2.62. The van der Waals surface area contributed by atoms with Gasteiger partial charge in [-0.15, -0.1) is 0 Å². The van der Waals surface area contributed by atoms with Gasteiger partial charge in [0.15, 0.2) is 0 Å². The Balaban J connectivity index is 5.23. The Bertz CT molecular complexity index is 387. The minimum absolute atomic E-state index is 0.216. The van der Waals surface area contributed by atoms with Gasteiger partial charge in [0, 0.05) is 28.4 Å². The highest BCUT2D eigenvalue weighted by molar-refractivity contribution is 7.54. The SMILES string of the molecule is CCCO[N+](CCC)(CCP(=O)(OC)OC)CCP(=O)(OC)OC. The van der Waals surface area contributed by atoms with E-state index in [0.717, 1.165) is 12.8 Å². The van der Waals surface area contributed by atoms with Gasteiger partial charge in [0.1, 0.15) is 38.6 Å². The summed E-state index contributed by atoms with van der Waals surface area (Å²) in [6.45, 7) is 6.17. The third-order valence-electron chi connectivity index (χ3n) is 3.88. The fourth-order valence-corrected chi connectivity index (χ4v) is 4.59.